The van der Waals surface area contributed by atoms with E-state index in [9.17, 15) is 18.0 Å². The highest BCUT2D eigenvalue weighted by Gasteiger charge is 2.30. The number of aldehydes is 1. The molecule has 0 saturated carbocycles. The minimum atomic E-state index is -4.40. The van der Waals surface area contributed by atoms with Crippen LogP contribution in [0.2, 0.25) is 5.02 Å². The first-order valence-electron chi connectivity index (χ1n) is 3.74. The second-order valence-electron chi connectivity index (χ2n) is 2.67. The number of alkyl halides is 3. The molecule has 0 N–H and O–H groups in total. The molecule has 0 heterocycles. The fraction of sp³-hybridized carbons (Fsp3) is 0.222. The van der Waals surface area contributed by atoms with Gasteiger partial charge in [0.25, 0.3) is 0 Å². The smallest absolute Gasteiger partial charge is 0.303 e. The van der Waals surface area contributed by atoms with Crippen molar-refractivity contribution >= 4 is 17.9 Å². The lowest BCUT2D eigenvalue weighted by Gasteiger charge is -2.08. The van der Waals surface area contributed by atoms with Gasteiger partial charge in [-0.05, 0) is 17.7 Å². The molecule has 5 heteroatoms. The van der Waals surface area contributed by atoms with Gasteiger partial charge in [0.05, 0.1) is 5.56 Å². The Morgan fingerprint density at radius 1 is 1.36 bits per heavy atom. The van der Waals surface area contributed by atoms with Gasteiger partial charge in [-0.25, -0.2) is 0 Å². The molecule has 0 bridgehead atoms. The van der Waals surface area contributed by atoms with Gasteiger partial charge in [0, 0.05) is 11.4 Å². The Balaban J connectivity index is 3.06. The van der Waals surface area contributed by atoms with Gasteiger partial charge in [-0.3, -0.25) is 0 Å². The van der Waals surface area contributed by atoms with Crippen LogP contribution in [0.4, 0.5) is 13.2 Å². The molecule has 1 aromatic carbocycles. The number of halogens is 4. The number of hydrogen-bond donors (Lipinski definition) is 0. The largest absolute Gasteiger partial charge is 0.416 e. The van der Waals surface area contributed by atoms with E-state index < -0.39 is 11.7 Å². The highest BCUT2D eigenvalue weighted by Crippen LogP contribution is 2.31. The molecule has 0 aliphatic rings. The van der Waals surface area contributed by atoms with Gasteiger partial charge in [0.2, 0.25) is 0 Å². The van der Waals surface area contributed by atoms with Crippen LogP contribution in [0.15, 0.2) is 18.2 Å². The first-order chi connectivity index (χ1) is 6.45. The van der Waals surface area contributed by atoms with Crippen molar-refractivity contribution in [2.75, 3.05) is 0 Å². The molecule has 1 aromatic rings. The fourth-order valence-electron chi connectivity index (χ4n) is 0.979. The Morgan fingerprint density at radius 2 is 2.00 bits per heavy atom. The summed E-state index contributed by atoms with van der Waals surface area (Å²) in [7, 11) is 0. The molecule has 0 atom stereocenters. The standard InChI is InChI=1S/C9H6ClF3O/c10-8-5-7(9(11,12)13)2-1-6(8)3-4-14/h1-2,4-5H,3H2. The van der Waals surface area contributed by atoms with E-state index in [1.54, 1.807) is 0 Å². The first-order valence-corrected chi connectivity index (χ1v) is 4.12. The zero-order valence-corrected chi connectivity index (χ0v) is 7.69. The van der Waals surface area contributed by atoms with Crippen molar-refractivity contribution in [1.29, 1.82) is 0 Å². The number of carbonyl (C=O) groups is 1. The van der Waals surface area contributed by atoms with Crippen LogP contribution < -0.4 is 0 Å². The Morgan fingerprint density at radius 3 is 2.43 bits per heavy atom. The van der Waals surface area contributed by atoms with Crippen LogP contribution in [0.25, 0.3) is 0 Å². The second kappa shape index (κ2) is 4.00. The van der Waals surface area contributed by atoms with Crippen molar-refractivity contribution in [1.82, 2.24) is 0 Å². The molecule has 0 aliphatic carbocycles. The SMILES string of the molecule is O=CCc1ccc(C(F)(F)F)cc1Cl. The average molecular weight is 223 g/mol. The predicted molar refractivity (Wildman–Crippen MR) is 46.2 cm³/mol. The molecule has 0 aliphatic heterocycles. The maximum atomic E-state index is 12.2. The molecule has 0 saturated heterocycles. The molecule has 0 spiro atoms. The highest BCUT2D eigenvalue weighted by molar-refractivity contribution is 6.31. The third-order valence-electron chi connectivity index (χ3n) is 1.68. The van der Waals surface area contributed by atoms with Gasteiger partial charge in [-0.15, -0.1) is 0 Å². The number of hydrogen-bond acceptors (Lipinski definition) is 1. The summed E-state index contributed by atoms with van der Waals surface area (Å²) in [6.45, 7) is 0. The monoisotopic (exact) mass is 222 g/mol. The van der Waals surface area contributed by atoms with Crippen LogP contribution in [0.1, 0.15) is 11.1 Å². The molecule has 0 radical (unpaired) electrons. The Hall–Kier alpha value is -1.03. The first kappa shape index (κ1) is 11.0. The van der Waals surface area contributed by atoms with E-state index in [0.717, 1.165) is 12.1 Å². The lowest BCUT2D eigenvalue weighted by atomic mass is 10.1. The fourth-order valence-corrected chi connectivity index (χ4v) is 1.24. The molecule has 76 valence electrons. The van der Waals surface area contributed by atoms with Gasteiger partial charge < -0.3 is 4.79 Å². The van der Waals surface area contributed by atoms with Crippen LogP contribution >= 0.6 is 11.6 Å². The molecule has 0 unspecified atom stereocenters. The molecule has 1 rings (SSSR count). The van der Waals surface area contributed by atoms with E-state index >= 15 is 0 Å². The summed E-state index contributed by atoms with van der Waals surface area (Å²) in [6, 6.07) is 2.94. The van der Waals surface area contributed by atoms with Crippen molar-refractivity contribution in [3.63, 3.8) is 0 Å². The van der Waals surface area contributed by atoms with Gasteiger partial charge in [-0.2, -0.15) is 13.2 Å². The van der Waals surface area contributed by atoms with E-state index in [4.69, 9.17) is 11.6 Å². The maximum Gasteiger partial charge on any atom is 0.416 e. The summed E-state index contributed by atoms with van der Waals surface area (Å²) >= 11 is 5.56. The molecular weight excluding hydrogens is 217 g/mol. The minimum Gasteiger partial charge on any atom is -0.303 e. The zero-order valence-electron chi connectivity index (χ0n) is 6.94. The lowest BCUT2D eigenvalue weighted by molar-refractivity contribution is -0.137. The number of carbonyl (C=O) groups excluding carboxylic acids is 1. The van der Waals surface area contributed by atoms with Crippen molar-refractivity contribution in [2.24, 2.45) is 0 Å². The summed E-state index contributed by atoms with van der Waals surface area (Å²) in [5.41, 5.74) is -0.410. The van der Waals surface area contributed by atoms with Gasteiger partial charge in [0.1, 0.15) is 6.29 Å². The quantitative estimate of drug-likeness (QED) is 0.703. The van der Waals surface area contributed by atoms with Crippen molar-refractivity contribution in [2.45, 2.75) is 12.6 Å². The second-order valence-corrected chi connectivity index (χ2v) is 3.08. The molecule has 0 fully saturated rings. The Kier molecular flexibility index (Phi) is 3.16. The van der Waals surface area contributed by atoms with Crippen molar-refractivity contribution in [3.05, 3.63) is 34.3 Å². The molecule has 1 nitrogen and oxygen atoms in total. The van der Waals surface area contributed by atoms with E-state index in [-0.39, 0.29) is 11.4 Å². The zero-order chi connectivity index (χ0) is 10.8. The molecule has 0 amide bonds. The van der Waals surface area contributed by atoms with E-state index in [2.05, 4.69) is 0 Å². The number of rotatable bonds is 2. The van der Waals surface area contributed by atoms with Crippen molar-refractivity contribution < 1.29 is 18.0 Å². The third kappa shape index (κ3) is 2.48. The molecule has 0 aromatic heterocycles. The van der Waals surface area contributed by atoms with Crippen LogP contribution in [0, 0.1) is 0 Å². The van der Waals surface area contributed by atoms with E-state index in [0.29, 0.717) is 11.8 Å². The lowest BCUT2D eigenvalue weighted by Crippen LogP contribution is -2.05. The molecular formula is C9H6ClF3O. The molecule has 14 heavy (non-hydrogen) atoms. The Bertz CT molecular complexity index is 346. The summed E-state index contributed by atoms with van der Waals surface area (Å²) < 4.78 is 36.5. The summed E-state index contributed by atoms with van der Waals surface area (Å²) in [6.07, 6.45) is -3.78. The van der Waals surface area contributed by atoms with Crippen LogP contribution in [-0.4, -0.2) is 6.29 Å². The normalized spacial score (nSPS) is 11.4. The van der Waals surface area contributed by atoms with E-state index in [1.807, 2.05) is 0 Å². The van der Waals surface area contributed by atoms with Crippen LogP contribution in [-0.2, 0) is 17.4 Å². The summed E-state index contributed by atoms with van der Waals surface area (Å²) in [5.74, 6) is 0. The summed E-state index contributed by atoms with van der Waals surface area (Å²) in [4.78, 5) is 10.1. The van der Waals surface area contributed by atoms with Gasteiger partial charge in [-0.1, -0.05) is 17.7 Å². The van der Waals surface area contributed by atoms with Crippen LogP contribution in [0.5, 0.6) is 0 Å². The predicted octanol–water partition coefficient (Wildman–Crippen LogP) is 3.10. The summed E-state index contributed by atoms with van der Waals surface area (Å²) in [5, 5.41) is -0.0353. The van der Waals surface area contributed by atoms with Crippen molar-refractivity contribution in [3.8, 4) is 0 Å². The van der Waals surface area contributed by atoms with Gasteiger partial charge in [0.15, 0.2) is 0 Å². The van der Waals surface area contributed by atoms with Crippen LogP contribution in [0.3, 0.4) is 0 Å². The highest BCUT2D eigenvalue weighted by atomic mass is 35.5. The number of benzene rings is 1. The topological polar surface area (TPSA) is 17.1 Å². The van der Waals surface area contributed by atoms with Gasteiger partial charge >= 0.3 is 6.18 Å². The van der Waals surface area contributed by atoms with E-state index in [1.165, 1.54) is 6.07 Å². The minimum absolute atomic E-state index is 0.0248. The third-order valence-corrected chi connectivity index (χ3v) is 2.04. The maximum absolute atomic E-state index is 12.2. The average Bonchev–Trinajstić information content (AvgIpc) is 2.07. The Labute approximate surface area is 83.5 Å².